The number of likely N-dealkylation sites (tertiary alicyclic amines) is 1. The Balaban J connectivity index is 1.50. The van der Waals surface area contributed by atoms with Crippen molar-refractivity contribution < 1.29 is 27.1 Å². The van der Waals surface area contributed by atoms with Crippen LogP contribution < -0.4 is 10.5 Å². The molecule has 1 amide bonds. The summed E-state index contributed by atoms with van der Waals surface area (Å²) >= 11 is 0. The number of ether oxygens (including phenoxy) is 1. The highest BCUT2D eigenvalue weighted by atomic mass is 19.4. The number of fused-ring (bicyclic) bond motifs is 1. The molecule has 0 spiro atoms. The monoisotopic (exact) mass is 526 g/mol. The lowest BCUT2D eigenvalue weighted by molar-refractivity contribution is -0.137. The number of rotatable bonds is 5. The van der Waals surface area contributed by atoms with Crippen molar-refractivity contribution in [1.29, 1.82) is 0 Å². The summed E-state index contributed by atoms with van der Waals surface area (Å²) in [6.07, 6.45) is 0.749. The second-order valence-electron chi connectivity index (χ2n) is 8.80. The molecular formula is C26H22F4N6O2. The molecule has 5 rings (SSSR count). The van der Waals surface area contributed by atoms with Crippen LogP contribution in [0.1, 0.15) is 30.0 Å². The SMILES string of the molecule is C=CC(=O)N1CCCC(c2nc(-c3ccc(Oc4cc(C(F)(F)F)ccn4)c(F)c3)n3c(N)nccc23)C1. The number of pyridine rings is 1. The van der Waals surface area contributed by atoms with Gasteiger partial charge in [-0.25, -0.2) is 19.3 Å². The van der Waals surface area contributed by atoms with Crippen LogP contribution in [0.3, 0.4) is 0 Å². The number of piperidine rings is 1. The Morgan fingerprint density at radius 2 is 1.95 bits per heavy atom. The molecule has 12 heteroatoms. The van der Waals surface area contributed by atoms with E-state index in [9.17, 15) is 18.0 Å². The second kappa shape index (κ2) is 9.77. The van der Waals surface area contributed by atoms with Crippen molar-refractivity contribution in [3.8, 4) is 23.0 Å². The minimum atomic E-state index is -4.59. The first-order valence-corrected chi connectivity index (χ1v) is 11.7. The lowest BCUT2D eigenvalue weighted by atomic mass is 9.94. The Kier molecular flexibility index (Phi) is 6.47. The van der Waals surface area contributed by atoms with E-state index in [1.165, 1.54) is 18.2 Å². The van der Waals surface area contributed by atoms with Crippen LogP contribution in [0.5, 0.6) is 11.6 Å². The molecule has 3 aromatic heterocycles. The maximum Gasteiger partial charge on any atom is 0.416 e. The number of nitrogens with two attached hydrogens (primary N) is 1. The number of hydrogen-bond donors (Lipinski definition) is 1. The van der Waals surface area contributed by atoms with Crippen molar-refractivity contribution in [2.75, 3.05) is 18.8 Å². The van der Waals surface area contributed by atoms with Gasteiger partial charge in [-0.2, -0.15) is 13.2 Å². The van der Waals surface area contributed by atoms with Gasteiger partial charge in [-0.15, -0.1) is 0 Å². The van der Waals surface area contributed by atoms with Crippen molar-refractivity contribution in [2.45, 2.75) is 24.9 Å². The standard InChI is InChI=1S/C26H22F4N6O2/c1-2-22(37)35-11-3-4-16(14-35)23-19-8-10-33-25(31)36(19)24(34-23)15-5-6-20(18(27)12-15)38-21-13-17(7-9-32-21)26(28,29)30/h2,5-10,12-13,16H,1,3-4,11,14H2,(H2,31,33). The summed E-state index contributed by atoms with van der Waals surface area (Å²) in [6.45, 7) is 4.63. The molecule has 8 nitrogen and oxygen atoms in total. The van der Waals surface area contributed by atoms with E-state index in [0.29, 0.717) is 41.8 Å². The van der Waals surface area contributed by atoms with Crippen LogP contribution >= 0.6 is 0 Å². The number of nitrogen functional groups attached to an aromatic ring is 1. The maximum absolute atomic E-state index is 15.1. The number of anilines is 1. The third-order valence-electron chi connectivity index (χ3n) is 6.37. The van der Waals surface area contributed by atoms with Crippen LogP contribution in [-0.4, -0.2) is 43.2 Å². The summed E-state index contributed by atoms with van der Waals surface area (Å²) in [6, 6.07) is 7.20. The first kappa shape index (κ1) is 25.2. The van der Waals surface area contributed by atoms with Crippen LogP contribution in [0.15, 0.2) is 61.4 Å². The van der Waals surface area contributed by atoms with E-state index >= 15 is 4.39 Å². The van der Waals surface area contributed by atoms with Gasteiger partial charge >= 0.3 is 6.18 Å². The number of hydrogen-bond acceptors (Lipinski definition) is 6. The van der Waals surface area contributed by atoms with E-state index in [1.54, 1.807) is 21.6 Å². The number of amides is 1. The number of halogens is 4. The number of carbonyl (C=O) groups excluding carboxylic acids is 1. The van der Waals surface area contributed by atoms with Gasteiger partial charge in [0.2, 0.25) is 17.7 Å². The third-order valence-corrected chi connectivity index (χ3v) is 6.37. The number of alkyl halides is 3. The molecule has 0 radical (unpaired) electrons. The van der Waals surface area contributed by atoms with Gasteiger partial charge in [0.25, 0.3) is 0 Å². The fourth-order valence-corrected chi connectivity index (χ4v) is 4.58. The molecule has 1 atom stereocenters. The van der Waals surface area contributed by atoms with Crippen molar-refractivity contribution in [3.63, 3.8) is 0 Å². The maximum atomic E-state index is 15.1. The topological polar surface area (TPSA) is 98.6 Å². The third kappa shape index (κ3) is 4.76. The molecule has 1 aromatic carbocycles. The van der Waals surface area contributed by atoms with Crippen molar-refractivity contribution in [1.82, 2.24) is 24.3 Å². The van der Waals surface area contributed by atoms with E-state index in [-0.39, 0.29) is 23.5 Å². The molecule has 1 unspecified atom stereocenters. The van der Waals surface area contributed by atoms with Gasteiger partial charge in [-0.1, -0.05) is 6.58 Å². The van der Waals surface area contributed by atoms with Gasteiger partial charge in [0.15, 0.2) is 11.6 Å². The number of benzene rings is 1. The molecule has 4 aromatic rings. The molecule has 0 bridgehead atoms. The van der Waals surface area contributed by atoms with E-state index < -0.39 is 23.4 Å². The zero-order valence-electron chi connectivity index (χ0n) is 20.0. The van der Waals surface area contributed by atoms with E-state index in [0.717, 1.165) is 31.2 Å². The molecule has 0 aliphatic carbocycles. The van der Waals surface area contributed by atoms with Gasteiger partial charge in [0.1, 0.15) is 5.82 Å². The predicted molar refractivity (Wildman–Crippen MR) is 131 cm³/mol. The Hall–Kier alpha value is -4.48. The summed E-state index contributed by atoms with van der Waals surface area (Å²) in [5.41, 5.74) is 6.93. The summed E-state index contributed by atoms with van der Waals surface area (Å²) in [4.78, 5) is 26.6. The highest BCUT2D eigenvalue weighted by Gasteiger charge is 2.31. The van der Waals surface area contributed by atoms with Crippen molar-refractivity contribution >= 4 is 17.4 Å². The van der Waals surface area contributed by atoms with E-state index in [4.69, 9.17) is 15.5 Å². The van der Waals surface area contributed by atoms with Gasteiger partial charge in [-0.05, 0) is 49.2 Å². The van der Waals surface area contributed by atoms with Gasteiger partial charge in [0.05, 0.1) is 16.8 Å². The first-order valence-electron chi connectivity index (χ1n) is 11.7. The van der Waals surface area contributed by atoms with Crippen molar-refractivity contribution in [2.24, 2.45) is 0 Å². The zero-order chi connectivity index (χ0) is 27.0. The van der Waals surface area contributed by atoms with Gasteiger partial charge < -0.3 is 15.4 Å². The molecule has 196 valence electrons. The van der Waals surface area contributed by atoms with Crippen LogP contribution in [0.25, 0.3) is 16.9 Å². The predicted octanol–water partition coefficient (Wildman–Crippen LogP) is 5.22. The molecule has 2 N–H and O–H groups in total. The average molecular weight is 526 g/mol. The normalized spacial score (nSPS) is 16.0. The van der Waals surface area contributed by atoms with E-state index in [2.05, 4.69) is 16.5 Å². The number of imidazole rings is 1. The Bertz CT molecular complexity index is 1530. The molecule has 1 aliphatic rings. The highest BCUT2D eigenvalue weighted by Crippen LogP contribution is 2.36. The molecule has 0 saturated carbocycles. The Morgan fingerprint density at radius 3 is 2.68 bits per heavy atom. The summed E-state index contributed by atoms with van der Waals surface area (Å²) in [5.74, 6) is -1.31. The summed E-state index contributed by atoms with van der Waals surface area (Å²) in [7, 11) is 0. The van der Waals surface area contributed by atoms with Gasteiger partial charge in [0, 0.05) is 43.0 Å². The van der Waals surface area contributed by atoms with Crippen LogP contribution in [0.4, 0.5) is 23.5 Å². The van der Waals surface area contributed by atoms with Crippen LogP contribution in [0, 0.1) is 5.82 Å². The second-order valence-corrected chi connectivity index (χ2v) is 8.80. The lowest BCUT2D eigenvalue weighted by Gasteiger charge is -2.31. The fraction of sp³-hybridized carbons (Fsp3) is 0.231. The van der Waals surface area contributed by atoms with Gasteiger partial charge in [-0.3, -0.25) is 9.20 Å². The number of nitrogens with zero attached hydrogens (tertiary/aromatic N) is 5. The van der Waals surface area contributed by atoms with Crippen molar-refractivity contribution in [3.05, 3.63) is 78.5 Å². The molecule has 38 heavy (non-hydrogen) atoms. The molecule has 4 heterocycles. The van der Waals surface area contributed by atoms with E-state index in [1.807, 2.05) is 0 Å². The highest BCUT2D eigenvalue weighted by molar-refractivity contribution is 5.87. The summed E-state index contributed by atoms with van der Waals surface area (Å²) < 4.78 is 61.0. The van der Waals surface area contributed by atoms with Crippen LogP contribution in [0.2, 0.25) is 0 Å². The number of aromatic nitrogens is 4. The quantitative estimate of drug-likeness (QED) is 0.283. The lowest BCUT2D eigenvalue weighted by Crippen LogP contribution is -2.38. The molecule has 1 fully saturated rings. The Labute approximate surface area is 214 Å². The molecule has 1 aliphatic heterocycles. The zero-order valence-corrected chi connectivity index (χ0v) is 20.0. The molecule has 1 saturated heterocycles. The minimum Gasteiger partial charge on any atom is -0.436 e. The first-order chi connectivity index (χ1) is 18.2. The average Bonchev–Trinajstić information content (AvgIpc) is 3.30. The smallest absolute Gasteiger partial charge is 0.416 e. The van der Waals surface area contributed by atoms with Crippen LogP contribution in [-0.2, 0) is 11.0 Å². The fourth-order valence-electron chi connectivity index (χ4n) is 4.58. The molecular weight excluding hydrogens is 504 g/mol. The largest absolute Gasteiger partial charge is 0.436 e. The number of carbonyl (C=O) groups is 1. The summed E-state index contributed by atoms with van der Waals surface area (Å²) in [5, 5.41) is 0. The minimum absolute atomic E-state index is 0.0855. The Morgan fingerprint density at radius 1 is 1.16 bits per heavy atom.